The number of aryl methyl sites for hydroxylation is 1. The first kappa shape index (κ1) is 12.5. The van der Waals surface area contributed by atoms with E-state index >= 15 is 0 Å². The molecule has 4 nitrogen and oxygen atoms in total. The van der Waals surface area contributed by atoms with Crippen molar-refractivity contribution in [2.75, 3.05) is 0 Å². The van der Waals surface area contributed by atoms with Crippen molar-refractivity contribution in [2.45, 2.75) is 33.6 Å². The van der Waals surface area contributed by atoms with Crippen LogP contribution in [0, 0.1) is 6.92 Å². The van der Waals surface area contributed by atoms with E-state index in [9.17, 15) is 4.79 Å². The van der Waals surface area contributed by atoms with E-state index in [0.29, 0.717) is 5.69 Å². The van der Waals surface area contributed by atoms with Gasteiger partial charge in [0.25, 0.3) is 0 Å². The Labute approximate surface area is 107 Å². The van der Waals surface area contributed by atoms with Crippen LogP contribution in [0.4, 0.5) is 0 Å². The van der Waals surface area contributed by atoms with Gasteiger partial charge >= 0.3 is 0 Å². The summed E-state index contributed by atoms with van der Waals surface area (Å²) in [5, 5.41) is 8.05. The quantitative estimate of drug-likeness (QED) is 0.776. The molecule has 18 heavy (non-hydrogen) atoms. The van der Waals surface area contributed by atoms with Gasteiger partial charge in [0.15, 0.2) is 11.5 Å². The van der Waals surface area contributed by atoms with Gasteiger partial charge in [-0.15, -0.1) is 5.10 Å². The molecule has 0 fully saturated rings. The van der Waals surface area contributed by atoms with E-state index in [0.717, 1.165) is 24.2 Å². The molecule has 0 unspecified atom stereocenters. The smallest absolute Gasteiger partial charge is 0.181 e. The second kappa shape index (κ2) is 5.12. The number of hydrogen-bond donors (Lipinski definition) is 0. The van der Waals surface area contributed by atoms with Gasteiger partial charge < -0.3 is 0 Å². The summed E-state index contributed by atoms with van der Waals surface area (Å²) < 4.78 is 1.75. The highest BCUT2D eigenvalue weighted by molar-refractivity contribution is 5.93. The maximum absolute atomic E-state index is 11.4. The summed E-state index contributed by atoms with van der Waals surface area (Å²) in [6, 6.07) is 8.10. The zero-order chi connectivity index (χ0) is 13.1. The van der Waals surface area contributed by atoms with Crippen molar-refractivity contribution in [3.63, 3.8) is 0 Å². The predicted molar refractivity (Wildman–Crippen MR) is 70.1 cm³/mol. The van der Waals surface area contributed by atoms with Gasteiger partial charge in [0.05, 0.1) is 11.4 Å². The molecule has 0 N–H and O–H groups in total. The van der Waals surface area contributed by atoms with Gasteiger partial charge in [0.2, 0.25) is 0 Å². The molecule has 0 aliphatic heterocycles. The largest absolute Gasteiger partial charge is 0.293 e. The van der Waals surface area contributed by atoms with Gasteiger partial charge in [-0.25, -0.2) is 4.68 Å². The van der Waals surface area contributed by atoms with E-state index in [1.54, 1.807) is 4.68 Å². The Balaban J connectivity index is 2.52. The Kier molecular flexibility index (Phi) is 3.55. The van der Waals surface area contributed by atoms with Crippen LogP contribution in [0.2, 0.25) is 0 Å². The second-order valence-corrected chi connectivity index (χ2v) is 4.37. The number of rotatable bonds is 4. The molecule has 1 aromatic heterocycles. The van der Waals surface area contributed by atoms with Crippen molar-refractivity contribution in [1.29, 1.82) is 0 Å². The predicted octanol–water partition coefficient (Wildman–Crippen LogP) is 2.73. The third-order valence-electron chi connectivity index (χ3n) is 2.97. The number of carbonyl (C=O) groups is 1. The molecule has 1 aromatic carbocycles. The minimum Gasteiger partial charge on any atom is -0.293 e. The van der Waals surface area contributed by atoms with Crippen molar-refractivity contribution in [3.05, 3.63) is 41.2 Å². The van der Waals surface area contributed by atoms with E-state index in [-0.39, 0.29) is 5.78 Å². The maximum Gasteiger partial charge on any atom is 0.181 e. The first-order valence-electron chi connectivity index (χ1n) is 6.16. The molecular weight excluding hydrogens is 226 g/mol. The number of Topliss-reactive ketones (excluding diaryl/α,β-unsaturated/α-hetero) is 1. The lowest BCUT2D eigenvalue weighted by Gasteiger charge is -2.09. The van der Waals surface area contributed by atoms with Gasteiger partial charge in [-0.2, -0.15) is 0 Å². The lowest BCUT2D eigenvalue weighted by atomic mass is 10.1. The molecule has 1 heterocycles. The van der Waals surface area contributed by atoms with Crippen LogP contribution in [-0.4, -0.2) is 20.8 Å². The van der Waals surface area contributed by atoms with Crippen LogP contribution in [0.15, 0.2) is 24.3 Å². The Hall–Kier alpha value is -1.97. The molecule has 94 valence electrons. The number of hydrogen-bond acceptors (Lipinski definition) is 3. The van der Waals surface area contributed by atoms with Crippen LogP contribution in [-0.2, 0) is 6.42 Å². The Morgan fingerprint density at radius 2 is 2.06 bits per heavy atom. The number of aromatic nitrogens is 3. The van der Waals surface area contributed by atoms with E-state index in [2.05, 4.69) is 23.3 Å². The summed E-state index contributed by atoms with van der Waals surface area (Å²) in [7, 11) is 0. The average Bonchev–Trinajstić information content (AvgIpc) is 2.72. The third kappa shape index (κ3) is 2.18. The summed E-state index contributed by atoms with van der Waals surface area (Å²) in [6.45, 7) is 5.53. The van der Waals surface area contributed by atoms with Crippen LogP contribution < -0.4 is 0 Å². The van der Waals surface area contributed by atoms with Gasteiger partial charge in [-0.3, -0.25) is 4.79 Å². The number of benzene rings is 1. The molecule has 0 spiro atoms. The fourth-order valence-corrected chi connectivity index (χ4v) is 2.08. The fourth-order valence-electron chi connectivity index (χ4n) is 2.08. The zero-order valence-electron chi connectivity index (χ0n) is 11.0. The average molecular weight is 243 g/mol. The number of nitrogens with zero attached hydrogens (tertiary/aromatic N) is 3. The second-order valence-electron chi connectivity index (χ2n) is 4.37. The molecular formula is C14H17N3O. The summed E-state index contributed by atoms with van der Waals surface area (Å²) in [5.41, 5.74) is 3.48. The van der Waals surface area contributed by atoms with Crippen LogP contribution in [0.3, 0.4) is 0 Å². The Morgan fingerprint density at radius 3 is 2.67 bits per heavy atom. The Bertz CT molecular complexity index is 572. The highest BCUT2D eigenvalue weighted by atomic mass is 16.1. The van der Waals surface area contributed by atoms with Crippen LogP contribution in [0.25, 0.3) is 5.69 Å². The van der Waals surface area contributed by atoms with Crippen molar-refractivity contribution >= 4 is 5.78 Å². The molecule has 2 rings (SSSR count). The van der Waals surface area contributed by atoms with Crippen molar-refractivity contribution in [3.8, 4) is 5.69 Å². The lowest BCUT2D eigenvalue weighted by molar-refractivity contribution is 0.101. The van der Waals surface area contributed by atoms with E-state index in [4.69, 9.17) is 0 Å². The van der Waals surface area contributed by atoms with Crippen LogP contribution >= 0.6 is 0 Å². The molecule has 0 atom stereocenters. The molecule has 2 aromatic rings. The van der Waals surface area contributed by atoms with Crippen LogP contribution in [0.5, 0.6) is 0 Å². The Morgan fingerprint density at radius 1 is 1.33 bits per heavy atom. The molecule has 0 aliphatic carbocycles. The molecule has 0 bridgehead atoms. The molecule has 0 amide bonds. The molecule has 4 heteroatoms. The molecule has 0 saturated carbocycles. The van der Waals surface area contributed by atoms with Crippen molar-refractivity contribution < 1.29 is 4.79 Å². The summed E-state index contributed by atoms with van der Waals surface area (Å²) in [4.78, 5) is 11.4. The van der Waals surface area contributed by atoms with E-state index in [1.807, 2.05) is 25.1 Å². The van der Waals surface area contributed by atoms with Gasteiger partial charge in [0, 0.05) is 6.92 Å². The standard InChI is InChI=1S/C14H17N3O/c1-4-7-12-8-5-6-9-13(12)17-10(2)14(11(3)18)15-16-17/h5-6,8-9H,4,7H2,1-3H3. The first-order valence-corrected chi connectivity index (χ1v) is 6.16. The zero-order valence-corrected chi connectivity index (χ0v) is 11.0. The van der Waals surface area contributed by atoms with Crippen molar-refractivity contribution in [2.24, 2.45) is 0 Å². The van der Waals surface area contributed by atoms with Gasteiger partial charge in [-0.1, -0.05) is 36.8 Å². The minimum atomic E-state index is -0.0493. The van der Waals surface area contributed by atoms with Crippen molar-refractivity contribution in [1.82, 2.24) is 15.0 Å². The van der Waals surface area contributed by atoms with E-state index < -0.39 is 0 Å². The highest BCUT2D eigenvalue weighted by Gasteiger charge is 2.15. The lowest BCUT2D eigenvalue weighted by Crippen LogP contribution is -2.04. The summed E-state index contributed by atoms with van der Waals surface area (Å²) in [5.74, 6) is -0.0493. The normalized spacial score (nSPS) is 10.6. The molecule has 0 radical (unpaired) electrons. The molecule has 0 aliphatic rings. The summed E-state index contributed by atoms with van der Waals surface area (Å²) in [6.07, 6.45) is 2.06. The van der Waals surface area contributed by atoms with Gasteiger partial charge in [-0.05, 0) is 25.0 Å². The number of carbonyl (C=O) groups excluding carboxylic acids is 1. The first-order chi connectivity index (χ1) is 8.65. The SMILES string of the molecule is CCCc1ccccc1-n1nnc(C(C)=O)c1C. The maximum atomic E-state index is 11.4. The number of para-hydroxylation sites is 1. The number of ketones is 1. The van der Waals surface area contributed by atoms with E-state index in [1.165, 1.54) is 12.5 Å². The summed E-state index contributed by atoms with van der Waals surface area (Å²) >= 11 is 0. The topological polar surface area (TPSA) is 47.8 Å². The molecule has 0 saturated heterocycles. The highest BCUT2D eigenvalue weighted by Crippen LogP contribution is 2.18. The van der Waals surface area contributed by atoms with Crippen LogP contribution in [0.1, 0.15) is 42.0 Å². The fraction of sp³-hybridized carbons (Fsp3) is 0.357. The minimum absolute atomic E-state index is 0.0493. The van der Waals surface area contributed by atoms with Gasteiger partial charge in [0.1, 0.15) is 0 Å². The monoisotopic (exact) mass is 243 g/mol. The third-order valence-corrected chi connectivity index (χ3v) is 2.97.